The molecule has 3 rings (SSSR count). The molecule has 0 aliphatic carbocycles. The lowest BCUT2D eigenvalue weighted by atomic mass is 10.0. The molecule has 7 heteroatoms. The smallest absolute Gasteiger partial charge is 0.393 e. The van der Waals surface area contributed by atoms with Crippen LogP contribution in [0.25, 0.3) is 0 Å². The van der Waals surface area contributed by atoms with E-state index in [2.05, 4.69) is 9.88 Å². The van der Waals surface area contributed by atoms with Crippen molar-refractivity contribution in [2.24, 2.45) is 5.92 Å². The number of likely N-dealkylation sites (tertiary alicyclic amines) is 1. The third kappa shape index (κ3) is 4.14. The van der Waals surface area contributed by atoms with Crippen LogP contribution in [0.1, 0.15) is 24.8 Å². The average molecular weight is 329 g/mol. The highest BCUT2D eigenvalue weighted by Crippen LogP contribution is 2.32. The van der Waals surface area contributed by atoms with E-state index in [9.17, 15) is 18.3 Å². The maximum atomic E-state index is 12.8. The van der Waals surface area contributed by atoms with Crippen LogP contribution in [0.5, 0.6) is 0 Å². The Morgan fingerprint density at radius 2 is 1.91 bits per heavy atom. The molecule has 23 heavy (non-hydrogen) atoms. The standard InChI is InChI=1S/C16H22F3N3O/c17-16(18,19)13-1-5-20-15(9-13)22-8-2-12(11-22)10-21-6-3-14(23)4-7-21/h1,5,9,12,14,23H,2-4,6-8,10-11H2. The van der Waals surface area contributed by atoms with Crippen LogP contribution in [0.3, 0.4) is 0 Å². The van der Waals surface area contributed by atoms with E-state index in [-0.39, 0.29) is 6.10 Å². The van der Waals surface area contributed by atoms with Crippen molar-refractivity contribution in [3.8, 4) is 0 Å². The van der Waals surface area contributed by atoms with E-state index < -0.39 is 11.7 Å². The fourth-order valence-electron chi connectivity index (χ4n) is 3.42. The maximum Gasteiger partial charge on any atom is 0.416 e. The lowest BCUT2D eigenvalue weighted by Gasteiger charge is -2.31. The van der Waals surface area contributed by atoms with Crippen LogP contribution in [0.4, 0.5) is 19.0 Å². The van der Waals surface area contributed by atoms with Crippen LogP contribution in [-0.4, -0.2) is 53.8 Å². The Bertz CT molecular complexity index is 530. The normalized spacial score (nSPS) is 24.3. The van der Waals surface area contributed by atoms with Gasteiger partial charge in [-0.3, -0.25) is 0 Å². The predicted molar refractivity (Wildman–Crippen MR) is 81.2 cm³/mol. The van der Waals surface area contributed by atoms with Crippen molar-refractivity contribution in [3.63, 3.8) is 0 Å². The van der Waals surface area contributed by atoms with Crippen molar-refractivity contribution in [2.45, 2.75) is 31.5 Å². The zero-order valence-corrected chi connectivity index (χ0v) is 13.0. The number of aliphatic hydroxyl groups is 1. The average Bonchev–Trinajstić information content (AvgIpc) is 2.97. The number of aliphatic hydroxyl groups excluding tert-OH is 1. The van der Waals surface area contributed by atoms with Gasteiger partial charge in [-0.05, 0) is 37.3 Å². The molecule has 1 aromatic heterocycles. The minimum absolute atomic E-state index is 0.180. The second-order valence-corrected chi connectivity index (χ2v) is 6.53. The number of halogens is 3. The first-order chi connectivity index (χ1) is 10.9. The molecule has 1 aromatic rings. The molecular weight excluding hydrogens is 307 g/mol. The van der Waals surface area contributed by atoms with Gasteiger partial charge in [-0.1, -0.05) is 0 Å². The molecule has 2 aliphatic heterocycles. The first-order valence-corrected chi connectivity index (χ1v) is 8.10. The van der Waals surface area contributed by atoms with E-state index >= 15 is 0 Å². The minimum Gasteiger partial charge on any atom is -0.393 e. The molecule has 0 radical (unpaired) electrons. The van der Waals surface area contributed by atoms with Crippen molar-refractivity contribution in [1.82, 2.24) is 9.88 Å². The van der Waals surface area contributed by atoms with Gasteiger partial charge in [0.25, 0.3) is 0 Å². The number of aromatic nitrogens is 1. The molecule has 0 bridgehead atoms. The van der Waals surface area contributed by atoms with Crippen molar-refractivity contribution in [3.05, 3.63) is 23.9 Å². The number of nitrogens with zero attached hydrogens (tertiary/aromatic N) is 3. The third-order valence-corrected chi connectivity index (χ3v) is 4.76. The zero-order chi connectivity index (χ0) is 16.4. The number of hydrogen-bond donors (Lipinski definition) is 1. The SMILES string of the molecule is OC1CCN(CC2CCN(c3cc(C(F)(F)F)ccn3)C2)CC1. The lowest BCUT2D eigenvalue weighted by molar-refractivity contribution is -0.137. The Hall–Kier alpha value is -1.34. The van der Waals surface area contributed by atoms with Gasteiger partial charge in [0.2, 0.25) is 0 Å². The molecule has 3 heterocycles. The molecular formula is C16H22F3N3O. The molecule has 2 fully saturated rings. The predicted octanol–water partition coefficient (Wildman–Crippen LogP) is 2.38. The van der Waals surface area contributed by atoms with E-state index in [1.807, 2.05) is 4.90 Å². The van der Waals surface area contributed by atoms with Gasteiger partial charge in [0.15, 0.2) is 0 Å². The third-order valence-electron chi connectivity index (χ3n) is 4.76. The number of piperidine rings is 1. The summed E-state index contributed by atoms with van der Waals surface area (Å²) in [5.74, 6) is 0.859. The van der Waals surface area contributed by atoms with E-state index in [4.69, 9.17) is 0 Å². The van der Waals surface area contributed by atoms with Gasteiger partial charge in [0.1, 0.15) is 5.82 Å². The maximum absolute atomic E-state index is 12.8. The van der Waals surface area contributed by atoms with Crippen LogP contribution < -0.4 is 4.90 Å². The first kappa shape index (κ1) is 16.5. The molecule has 0 amide bonds. The second-order valence-electron chi connectivity index (χ2n) is 6.53. The van der Waals surface area contributed by atoms with E-state index in [1.54, 1.807) is 0 Å². The Morgan fingerprint density at radius 1 is 1.17 bits per heavy atom. The summed E-state index contributed by atoms with van der Waals surface area (Å²) in [4.78, 5) is 8.40. The molecule has 128 valence electrons. The Balaban J connectivity index is 1.57. The number of hydrogen-bond acceptors (Lipinski definition) is 4. The second kappa shape index (κ2) is 6.65. The van der Waals surface area contributed by atoms with Crippen molar-refractivity contribution >= 4 is 5.82 Å². The quantitative estimate of drug-likeness (QED) is 0.924. The summed E-state index contributed by atoms with van der Waals surface area (Å²) in [5, 5.41) is 9.54. The largest absolute Gasteiger partial charge is 0.416 e. The summed E-state index contributed by atoms with van der Waals surface area (Å²) in [6, 6.07) is 2.15. The summed E-state index contributed by atoms with van der Waals surface area (Å²) in [7, 11) is 0. The van der Waals surface area contributed by atoms with E-state index in [0.29, 0.717) is 11.7 Å². The van der Waals surface area contributed by atoms with Crippen molar-refractivity contribution in [1.29, 1.82) is 0 Å². The summed E-state index contributed by atoms with van der Waals surface area (Å²) >= 11 is 0. The first-order valence-electron chi connectivity index (χ1n) is 8.10. The number of alkyl halides is 3. The molecule has 0 spiro atoms. The monoisotopic (exact) mass is 329 g/mol. The summed E-state index contributed by atoms with van der Waals surface area (Å²) < 4.78 is 38.4. The summed E-state index contributed by atoms with van der Waals surface area (Å²) in [6.07, 6.45) is -0.683. The van der Waals surface area contributed by atoms with Gasteiger partial charge >= 0.3 is 6.18 Å². The van der Waals surface area contributed by atoms with E-state index in [1.165, 1.54) is 6.20 Å². The van der Waals surface area contributed by atoms with Crippen LogP contribution in [0, 0.1) is 5.92 Å². The number of rotatable bonds is 3. The molecule has 0 aromatic carbocycles. The number of pyridine rings is 1. The molecule has 0 saturated carbocycles. The lowest BCUT2D eigenvalue weighted by Crippen LogP contribution is -2.39. The van der Waals surface area contributed by atoms with Crippen molar-refractivity contribution in [2.75, 3.05) is 37.6 Å². The zero-order valence-electron chi connectivity index (χ0n) is 13.0. The highest BCUT2D eigenvalue weighted by Gasteiger charge is 2.32. The van der Waals surface area contributed by atoms with Gasteiger partial charge in [0, 0.05) is 38.9 Å². The summed E-state index contributed by atoms with van der Waals surface area (Å²) in [6.45, 7) is 4.24. The Kier molecular flexibility index (Phi) is 4.77. The summed E-state index contributed by atoms with van der Waals surface area (Å²) in [5.41, 5.74) is -0.643. The molecule has 2 saturated heterocycles. The molecule has 1 unspecified atom stereocenters. The van der Waals surface area contributed by atoms with Crippen LogP contribution in [0.2, 0.25) is 0 Å². The minimum atomic E-state index is -4.33. The van der Waals surface area contributed by atoms with Gasteiger partial charge < -0.3 is 14.9 Å². The van der Waals surface area contributed by atoms with Gasteiger partial charge in [-0.15, -0.1) is 0 Å². The van der Waals surface area contributed by atoms with Gasteiger partial charge in [0.05, 0.1) is 11.7 Å². The topological polar surface area (TPSA) is 39.6 Å². The number of anilines is 1. The van der Waals surface area contributed by atoms with Crippen LogP contribution in [0.15, 0.2) is 18.3 Å². The molecule has 1 N–H and O–H groups in total. The molecule has 1 atom stereocenters. The molecule has 4 nitrogen and oxygen atoms in total. The Morgan fingerprint density at radius 3 is 2.61 bits per heavy atom. The van der Waals surface area contributed by atoms with Gasteiger partial charge in [-0.25, -0.2) is 4.98 Å². The van der Waals surface area contributed by atoms with Crippen LogP contribution >= 0.6 is 0 Å². The fourth-order valence-corrected chi connectivity index (χ4v) is 3.42. The Labute approximate surface area is 133 Å². The van der Waals surface area contributed by atoms with Gasteiger partial charge in [-0.2, -0.15) is 13.2 Å². The fraction of sp³-hybridized carbons (Fsp3) is 0.688. The highest BCUT2D eigenvalue weighted by atomic mass is 19.4. The van der Waals surface area contributed by atoms with E-state index in [0.717, 1.165) is 64.1 Å². The van der Waals surface area contributed by atoms with Crippen LogP contribution in [-0.2, 0) is 6.18 Å². The molecule has 2 aliphatic rings. The van der Waals surface area contributed by atoms with Crippen molar-refractivity contribution < 1.29 is 18.3 Å². The highest BCUT2D eigenvalue weighted by molar-refractivity contribution is 5.42.